The van der Waals surface area contributed by atoms with Crippen LogP contribution in [0.4, 0.5) is 4.79 Å². The monoisotopic (exact) mass is 273 g/mol. The van der Waals surface area contributed by atoms with Gasteiger partial charge in [0.15, 0.2) is 6.04 Å². The Morgan fingerprint density at radius 3 is 2.21 bits per heavy atom. The first-order chi connectivity index (χ1) is 8.82. The highest BCUT2D eigenvalue weighted by Crippen LogP contribution is 2.14. The number of carbonyl (C=O) groups excluding carboxylic acids is 1. The number of urea groups is 1. The number of hydrogen-bond donors (Lipinski definition) is 3. The molecule has 0 aromatic rings. The Labute approximate surface area is 113 Å². The molecule has 0 aromatic carbocycles. The molecule has 0 spiro atoms. The molecule has 1 fully saturated rings. The number of likely N-dealkylation sites (tertiary alicyclic amines) is 1. The standard InChI is InChI=1S/C12H23N3O4/c1-8(16)10(11(17)18)13-12(19)15-6-4-9(5-7-15)14(2)3/h8-10,16H,4-7H2,1-3H3,(H,13,19)(H,17,18). The summed E-state index contributed by atoms with van der Waals surface area (Å²) in [5.74, 6) is -1.23. The molecule has 2 atom stereocenters. The number of rotatable bonds is 4. The van der Waals surface area contributed by atoms with Crippen molar-refractivity contribution in [1.82, 2.24) is 15.1 Å². The summed E-state index contributed by atoms with van der Waals surface area (Å²) >= 11 is 0. The van der Waals surface area contributed by atoms with Crippen molar-refractivity contribution in [1.29, 1.82) is 0 Å². The number of amides is 2. The third kappa shape index (κ3) is 4.36. The lowest BCUT2D eigenvalue weighted by Gasteiger charge is -2.35. The van der Waals surface area contributed by atoms with Gasteiger partial charge in [0, 0.05) is 19.1 Å². The van der Waals surface area contributed by atoms with Gasteiger partial charge < -0.3 is 25.3 Å². The van der Waals surface area contributed by atoms with Crippen LogP contribution in [-0.4, -0.2) is 77.4 Å². The molecular formula is C12H23N3O4. The van der Waals surface area contributed by atoms with E-state index in [9.17, 15) is 14.7 Å². The van der Waals surface area contributed by atoms with Gasteiger partial charge in [-0.05, 0) is 33.9 Å². The smallest absolute Gasteiger partial charge is 0.328 e. The fraction of sp³-hybridized carbons (Fsp3) is 0.833. The Morgan fingerprint density at radius 2 is 1.84 bits per heavy atom. The topological polar surface area (TPSA) is 93.1 Å². The van der Waals surface area contributed by atoms with Crippen molar-refractivity contribution in [2.24, 2.45) is 0 Å². The third-order valence-electron chi connectivity index (χ3n) is 3.51. The van der Waals surface area contributed by atoms with Gasteiger partial charge in [-0.1, -0.05) is 0 Å². The molecule has 110 valence electrons. The van der Waals surface area contributed by atoms with Crippen molar-refractivity contribution < 1.29 is 19.8 Å². The van der Waals surface area contributed by atoms with E-state index in [4.69, 9.17) is 5.11 Å². The molecule has 1 saturated heterocycles. The van der Waals surface area contributed by atoms with Crippen molar-refractivity contribution >= 4 is 12.0 Å². The molecule has 1 heterocycles. The molecule has 0 aromatic heterocycles. The molecule has 7 heteroatoms. The normalized spacial score (nSPS) is 20.2. The molecule has 1 aliphatic rings. The van der Waals surface area contributed by atoms with Crippen LogP contribution in [-0.2, 0) is 4.79 Å². The van der Waals surface area contributed by atoms with Crippen LogP contribution in [0.3, 0.4) is 0 Å². The van der Waals surface area contributed by atoms with Gasteiger partial charge in [0.05, 0.1) is 6.10 Å². The average molecular weight is 273 g/mol. The number of piperidine rings is 1. The predicted octanol–water partition coefficient (Wildman–Crippen LogP) is -0.444. The van der Waals surface area contributed by atoms with Crippen LogP contribution in [0.1, 0.15) is 19.8 Å². The summed E-state index contributed by atoms with van der Waals surface area (Å²) in [6.45, 7) is 2.54. The Balaban J connectivity index is 2.49. The maximum Gasteiger partial charge on any atom is 0.328 e. The first-order valence-corrected chi connectivity index (χ1v) is 6.45. The number of carbonyl (C=O) groups is 2. The number of aliphatic hydroxyl groups excluding tert-OH is 1. The minimum absolute atomic E-state index is 0.425. The summed E-state index contributed by atoms with van der Waals surface area (Å²) in [4.78, 5) is 26.5. The van der Waals surface area contributed by atoms with Crippen LogP contribution in [0.5, 0.6) is 0 Å². The highest BCUT2D eigenvalue weighted by molar-refractivity contribution is 5.83. The molecule has 1 aliphatic heterocycles. The van der Waals surface area contributed by atoms with Crippen LogP contribution >= 0.6 is 0 Å². The van der Waals surface area contributed by atoms with Crippen LogP contribution in [0, 0.1) is 0 Å². The summed E-state index contributed by atoms with van der Waals surface area (Å²) in [6, 6.07) is -1.24. The van der Waals surface area contributed by atoms with Crippen LogP contribution in [0.25, 0.3) is 0 Å². The van der Waals surface area contributed by atoms with Crippen LogP contribution in [0.2, 0.25) is 0 Å². The quantitative estimate of drug-likeness (QED) is 0.645. The highest BCUT2D eigenvalue weighted by atomic mass is 16.4. The number of aliphatic carboxylic acids is 1. The fourth-order valence-electron chi connectivity index (χ4n) is 2.20. The zero-order valence-electron chi connectivity index (χ0n) is 11.7. The van der Waals surface area contributed by atoms with Crippen molar-refractivity contribution in [3.63, 3.8) is 0 Å². The van der Waals surface area contributed by atoms with Gasteiger partial charge in [-0.15, -0.1) is 0 Å². The van der Waals surface area contributed by atoms with Gasteiger partial charge >= 0.3 is 12.0 Å². The molecule has 2 unspecified atom stereocenters. The Bertz CT molecular complexity index is 325. The zero-order chi connectivity index (χ0) is 14.6. The molecule has 7 nitrogen and oxygen atoms in total. The second kappa shape index (κ2) is 6.72. The summed E-state index contributed by atoms with van der Waals surface area (Å²) < 4.78 is 0. The summed E-state index contributed by atoms with van der Waals surface area (Å²) in [5.41, 5.74) is 0. The maximum atomic E-state index is 11.9. The molecule has 19 heavy (non-hydrogen) atoms. The Hall–Kier alpha value is -1.34. The van der Waals surface area contributed by atoms with Crippen LogP contribution in [0.15, 0.2) is 0 Å². The lowest BCUT2D eigenvalue weighted by molar-refractivity contribution is -0.141. The minimum atomic E-state index is -1.26. The largest absolute Gasteiger partial charge is 0.480 e. The molecule has 2 amide bonds. The predicted molar refractivity (Wildman–Crippen MR) is 69.9 cm³/mol. The van der Waals surface area contributed by atoms with E-state index in [1.807, 2.05) is 14.1 Å². The summed E-state index contributed by atoms with van der Waals surface area (Å²) in [7, 11) is 4.02. The maximum absolute atomic E-state index is 11.9. The summed E-state index contributed by atoms with van der Waals surface area (Å²) in [5, 5.41) is 20.6. The minimum Gasteiger partial charge on any atom is -0.480 e. The number of carboxylic acid groups (broad SMARTS) is 1. The number of nitrogens with zero attached hydrogens (tertiary/aromatic N) is 2. The molecule has 0 radical (unpaired) electrons. The van der Waals surface area contributed by atoms with E-state index in [0.29, 0.717) is 19.1 Å². The van der Waals surface area contributed by atoms with E-state index in [1.54, 1.807) is 4.90 Å². The van der Waals surface area contributed by atoms with Gasteiger partial charge in [0.25, 0.3) is 0 Å². The molecule has 0 aliphatic carbocycles. The summed E-state index contributed by atoms with van der Waals surface area (Å²) in [6.07, 6.45) is 0.611. The lowest BCUT2D eigenvalue weighted by atomic mass is 10.0. The molecule has 0 saturated carbocycles. The highest BCUT2D eigenvalue weighted by Gasteiger charge is 2.29. The number of carboxylic acids is 1. The van der Waals surface area contributed by atoms with E-state index in [2.05, 4.69) is 10.2 Å². The second-order valence-corrected chi connectivity index (χ2v) is 5.19. The van der Waals surface area contributed by atoms with E-state index in [0.717, 1.165) is 12.8 Å². The van der Waals surface area contributed by atoms with Gasteiger partial charge in [0.2, 0.25) is 0 Å². The van der Waals surface area contributed by atoms with Gasteiger partial charge in [-0.25, -0.2) is 9.59 Å². The fourth-order valence-corrected chi connectivity index (χ4v) is 2.20. The van der Waals surface area contributed by atoms with E-state index >= 15 is 0 Å². The average Bonchev–Trinajstić information content (AvgIpc) is 2.34. The second-order valence-electron chi connectivity index (χ2n) is 5.19. The number of aliphatic hydroxyl groups is 1. The first-order valence-electron chi connectivity index (χ1n) is 6.45. The van der Waals surface area contributed by atoms with Crippen molar-refractivity contribution in [2.75, 3.05) is 27.2 Å². The third-order valence-corrected chi connectivity index (χ3v) is 3.51. The number of nitrogens with one attached hydrogen (secondary N) is 1. The lowest BCUT2D eigenvalue weighted by Crippen LogP contribution is -2.54. The molecular weight excluding hydrogens is 250 g/mol. The van der Waals surface area contributed by atoms with Gasteiger partial charge in [-0.2, -0.15) is 0 Å². The Kier molecular flexibility index (Phi) is 5.56. The van der Waals surface area contributed by atoms with Gasteiger partial charge in [0.1, 0.15) is 0 Å². The molecule has 3 N–H and O–H groups in total. The number of hydrogen-bond acceptors (Lipinski definition) is 4. The Morgan fingerprint density at radius 1 is 1.32 bits per heavy atom. The van der Waals surface area contributed by atoms with Crippen molar-refractivity contribution in [2.45, 2.75) is 38.0 Å². The SMILES string of the molecule is CC(O)C(NC(=O)N1CCC(N(C)C)CC1)C(=O)O. The van der Waals surface area contributed by atoms with E-state index < -0.39 is 24.1 Å². The van der Waals surface area contributed by atoms with E-state index in [1.165, 1.54) is 6.92 Å². The first kappa shape index (κ1) is 15.7. The van der Waals surface area contributed by atoms with Gasteiger partial charge in [-0.3, -0.25) is 0 Å². The van der Waals surface area contributed by atoms with Crippen LogP contribution < -0.4 is 5.32 Å². The molecule has 0 bridgehead atoms. The van der Waals surface area contributed by atoms with E-state index in [-0.39, 0.29) is 0 Å². The zero-order valence-corrected chi connectivity index (χ0v) is 11.7. The van der Waals surface area contributed by atoms with Crippen molar-refractivity contribution in [3.8, 4) is 0 Å². The molecule has 1 rings (SSSR count). The van der Waals surface area contributed by atoms with Crippen molar-refractivity contribution in [3.05, 3.63) is 0 Å².